The molecular formula is C14H14ClN3S. The summed E-state index contributed by atoms with van der Waals surface area (Å²) in [5, 5.41) is 8.44. The molecule has 0 amide bonds. The molecule has 1 N–H and O–H groups in total. The molecule has 98 valence electrons. The lowest BCUT2D eigenvalue weighted by Gasteiger charge is -2.00. The number of hydrogen-bond donors (Lipinski definition) is 1. The Kier molecular flexibility index (Phi) is 3.82. The van der Waals surface area contributed by atoms with E-state index in [1.54, 1.807) is 11.3 Å². The number of rotatable bonds is 5. The highest BCUT2D eigenvalue weighted by molar-refractivity contribution is 7.07. The van der Waals surface area contributed by atoms with Crippen molar-refractivity contribution in [1.29, 1.82) is 0 Å². The van der Waals surface area contributed by atoms with Crippen molar-refractivity contribution >= 4 is 28.6 Å². The second-order valence-corrected chi connectivity index (χ2v) is 5.62. The van der Waals surface area contributed by atoms with Crippen molar-refractivity contribution in [3.05, 3.63) is 57.6 Å². The van der Waals surface area contributed by atoms with E-state index in [1.165, 1.54) is 5.56 Å². The summed E-state index contributed by atoms with van der Waals surface area (Å²) in [6, 6.07) is 5.95. The van der Waals surface area contributed by atoms with Crippen LogP contribution in [0, 0.1) is 0 Å². The van der Waals surface area contributed by atoms with Gasteiger partial charge in [0.2, 0.25) is 0 Å². The lowest BCUT2D eigenvalue weighted by atomic mass is 10.2. The Balaban J connectivity index is 1.56. The number of nitrogens with zero attached hydrogens (tertiary/aromatic N) is 2. The van der Waals surface area contributed by atoms with E-state index in [-0.39, 0.29) is 0 Å². The molecule has 3 rings (SSSR count). The quantitative estimate of drug-likeness (QED) is 0.730. The summed E-state index contributed by atoms with van der Waals surface area (Å²) in [4.78, 5) is 4.53. The molecule has 0 fully saturated rings. The van der Waals surface area contributed by atoms with Crippen LogP contribution in [-0.2, 0) is 13.0 Å². The average Bonchev–Trinajstić information content (AvgIpc) is 3.02. The molecule has 0 aliphatic rings. The molecule has 0 bridgehead atoms. The van der Waals surface area contributed by atoms with Gasteiger partial charge in [0.1, 0.15) is 5.65 Å². The van der Waals surface area contributed by atoms with Crippen molar-refractivity contribution in [3.63, 3.8) is 0 Å². The number of pyridine rings is 1. The normalized spacial score (nSPS) is 11.2. The van der Waals surface area contributed by atoms with Crippen LogP contribution in [0.1, 0.15) is 11.3 Å². The first kappa shape index (κ1) is 12.7. The summed E-state index contributed by atoms with van der Waals surface area (Å²) in [6.45, 7) is 1.74. The molecule has 3 heterocycles. The minimum Gasteiger partial charge on any atom is -0.311 e. The van der Waals surface area contributed by atoms with Gasteiger partial charge in [0.15, 0.2) is 0 Å². The van der Waals surface area contributed by atoms with E-state index in [9.17, 15) is 0 Å². The van der Waals surface area contributed by atoms with Crippen LogP contribution < -0.4 is 5.32 Å². The summed E-state index contributed by atoms with van der Waals surface area (Å²) in [6.07, 6.45) is 4.94. The zero-order chi connectivity index (χ0) is 13.1. The smallest absolute Gasteiger partial charge is 0.137 e. The number of nitrogens with one attached hydrogen (secondary N) is 1. The molecule has 0 saturated carbocycles. The summed E-state index contributed by atoms with van der Waals surface area (Å²) in [5.41, 5.74) is 3.35. The molecule has 3 aromatic heterocycles. The van der Waals surface area contributed by atoms with Crippen LogP contribution in [0.2, 0.25) is 5.02 Å². The summed E-state index contributed by atoms with van der Waals surface area (Å²) in [5.74, 6) is 0. The van der Waals surface area contributed by atoms with Gasteiger partial charge in [-0.25, -0.2) is 4.98 Å². The molecule has 19 heavy (non-hydrogen) atoms. The van der Waals surface area contributed by atoms with Gasteiger partial charge in [0, 0.05) is 18.9 Å². The number of halogens is 1. The summed E-state index contributed by atoms with van der Waals surface area (Å²) >= 11 is 7.69. The lowest BCUT2D eigenvalue weighted by molar-refractivity contribution is 0.678. The second kappa shape index (κ2) is 5.74. The van der Waals surface area contributed by atoms with Crippen LogP contribution in [0.4, 0.5) is 0 Å². The van der Waals surface area contributed by atoms with E-state index in [0.717, 1.165) is 35.9 Å². The fourth-order valence-electron chi connectivity index (χ4n) is 1.99. The third-order valence-electron chi connectivity index (χ3n) is 2.94. The highest BCUT2D eigenvalue weighted by Crippen LogP contribution is 2.11. The lowest BCUT2D eigenvalue weighted by Crippen LogP contribution is -2.16. The summed E-state index contributed by atoms with van der Waals surface area (Å²) in [7, 11) is 0. The van der Waals surface area contributed by atoms with E-state index in [2.05, 4.69) is 27.1 Å². The van der Waals surface area contributed by atoms with Gasteiger partial charge in [-0.15, -0.1) is 0 Å². The highest BCUT2D eigenvalue weighted by atomic mass is 35.5. The van der Waals surface area contributed by atoms with E-state index in [0.29, 0.717) is 0 Å². The van der Waals surface area contributed by atoms with Gasteiger partial charge in [-0.05, 0) is 47.5 Å². The number of imidazole rings is 1. The van der Waals surface area contributed by atoms with Crippen LogP contribution in [0.5, 0.6) is 0 Å². The molecule has 0 unspecified atom stereocenters. The van der Waals surface area contributed by atoms with Gasteiger partial charge in [-0.1, -0.05) is 11.6 Å². The Morgan fingerprint density at radius 2 is 2.21 bits per heavy atom. The highest BCUT2D eigenvalue weighted by Gasteiger charge is 2.01. The van der Waals surface area contributed by atoms with E-state index in [1.807, 2.05) is 28.9 Å². The average molecular weight is 292 g/mol. The zero-order valence-corrected chi connectivity index (χ0v) is 11.9. The Labute approximate surface area is 120 Å². The number of fused-ring (bicyclic) bond motifs is 1. The third-order valence-corrected chi connectivity index (χ3v) is 3.90. The number of aromatic nitrogens is 2. The number of thiophene rings is 1. The second-order valence-electron chi connectivity index (χ2n) is 4.40. The van der Waals surface area contributed by atoms with Crippen molar-refractivity contribution in [2.75, 3.05) is 6.54 Å². The maximum absolute atomic E-state index is 5.95. The van der Waals surface area contributed by atoms with Crippen molar-refractivity contribution in [1.82, 2.24) is 14.7 Å². The Hall–Kier alpha value is -1.36. The van der Waals surface area contributed by atoms with Crippen LogP contribution in [-0.4, -0.2) is 15.9 Å². The van der Waals surface area contributed by atoms with Gasteiger partial charge in [-0.3, -0.25) is 0 Å². The van der Waals surface area contributed by atoms with Crippen LogP contribution >= 0.6 is 22.9 Å². The fraction of sp³-hybridized carbons (Fsp3) is 0.214. The van der Waals surface area contributed by atoms with Crippen LogP contribution in [0.25, 0.3) is 5.65 Å². The first-order chi connectivity index (χ1) is 9.31. The fourth-order valence-corrected chi connectivity index (χ4v) is 2.86. The van der Waals surface area contributed by atoms with Gasteiger partial charge >= 0.3 is 0 Å². The predicted octanol–water partition coefficient (Wildman–Crippen LogP) is 3.38. The van der Waals surface area contributed by atoms with Crippen LogP contribution in [0.15, 0.2) is 41.4 Å². The van der Waals surface area contributed by atoms with Crippen molar-refractivity contribution < 1.29 is 0 Å². The minimum atomic E-state index is 0.724. The predicted molar refractivity (Wildman–Crippen MR) is 79.9 cm³/mol. The molecule has 0 aliphatic carbocycles. The molecule has 0 aromatic carbocycles. The van der Waals surface area contributed by atoms with E-state index >= 15 is 0 Å². The standard InChI is InChI=1S/C14H14ClN3S/c15-12-1-2-14-17-13(9-18(14)8-12)7-16-5-3-11-4-6-19-10-11/h1-2,4,6,8-10,16H,3,5,7H2. The Bertz CT molecular complexity index is 660. The number of hydrogen-bond acceptors (Lipinski definition) is 3. The Morgan fingerprint density at radius 1 is 1.26 bits per heavy atom. The van der Waals surface area contributed by atoms with Crippen LogP contribution in [0.3, 0.4) is 0 Å². The van der Waals surface area contributed by atoms with Gasteiger partial charge in [-0.2, -0.15) is 11.3 Å². The minimum absolute atomic E-state index is 0.724. The molecule has 0 radical (unpaired) electrons. The van der Waals surface area contributed by atoms with Gasteiger partial charge < -0.3 is 9.72 Å². The molecule has 3 aromatic rings. The summed E-state index contributed by atoms with van der Waals surface area (Å²) < 4.78 is 1.96. The SMILES string of the molecule is Clc1ccc2nc(CNCCc3ccsc3)cn2c1. The monoisotopic (exact) mass is 291 g/mol. The molecule has 0 atom stereocenters. The molecule has 5 heteroatoms. The van der Waals surface area contributed by atoms with E-state index in [4.69, 9.17) is 11.6 Å². The van der Waals surface area contributed by atoms with Crippen molar-refractivity contribution in [2.45, 2.75) is 13.0 Å². The van der Waals surface area contributed by atoms with Crippen molar-refractivity contribution in [3.8, 4) is 0 Å². The molecule has 0 spiro atoms. The molecular weight excluding hydrogens is 278 g/mol. The zero-order valence-electron chi connectivity index (χ0n) is 10.3. The first-order valence-electron chi connectivity index (χ1n) is 6.16. The first-order valence-corrected chi connectivity index (χ1v) is 7.48. The van der Waals surface area contributed by atoms with Gasteiger partial charge in [0.05, 0.1) is 10.7 Å². The topological polar surface area (TPSA) is 29.3 Å². The maximum atomic E-state index is 5.95. The largest absolute Gasteiger partial charge is 0.311 e. The van der Waals surface area contributed by atoms with Crippen molar-refractivity contribution in [2.24, 2.45) is 0 Å². The molecule has 0 aliphatic heterocycles. The van der Waals surface area contributed by atoms with E-state index < -0.39 is 0 Å². The molecule has 3 nitrogen and oxygen atoms in total. The maximum Gasteiger partial charge on any atom is 0.137 e. The third kappa shape index (κ3) is 3.15. The molecule has 0 saturated heterocycles. The Morgan fingerprint density at radius 3 is 3.05 bits per heavy atom. The van der Waals surface area contributed by atoms with Gasteiger partial charge in [0.25, 0.3) is 0 Å².